The summed E-state index contributed by atoms with van der Waals surface area (Å²) in [5.74, 6) is 2.15. The van der Waals surface area contributed by atoms with E-state index in [-0.39, 0.29) is 29.4 Å². The molecule has 1 aliphatic heterocycles. The Kier molecular flexibility index (Phi) is 7.90. The number of ether oxygens (including phenoxy) is 3. The number of methoxy groups -OCH3 is 1. The number of benzene rings is 1. The molecule has 1 fully saturated rings. The Bertz CT molecular complexity index is 533. The minimum absolute atomic E-state index is 0. The summed E-state index contributed by atoms with van der Waals surface area (Å²) >= 11 is 0. The predicted molar refractivity (Wildman–Crippen MR) is 103 cm³/mol. The van der Waals surface area contributed by atoms with Gasteiger partial charge in [0.05, 0.1) is 26.9 Å². The lowest BCUT2D eigenvalue weighted by Gasteiger charge is -2.38. The fourth-order valence-corrected chi connectivity index (χ4v) is 2.19. The Hall–Kier alpha value is -1.22. The molecule has 0 radical (unpaired) electrons. The number of rotatable bonds is 6. The smallest absolute Gasteiger partial charge is 0.195 e. The fourth-order valence-electron chi connectivity index (χ4n) is 2.19. The zero-order chi connectivity index (χ0) is 16.0. The molecule has 0 saturated carbocycles. The molecular weight excluding hydrogens is 409 g/mol. The highest BCUT2D eigenvalue weighted by Gasteiger charge is 2.33. The molecule has 130 valence electrons. The summed E-state index contributed by atoms with van der Waals surface area (Å²) in [4.78, 5) is 4.24. The van der Waals surface area contributed by atoms with Crippen LogP contribution in [-0.2, 0) is 4.74 Å². The third kappa shape index (κ3) is 5.42. The van der Waals surface area contributed by atoms with Crippen molar-refractivity contribution in [2.24, 2.45) is 10.4 Å². The third-order valence-electron chi connectivity index (χ3n) is 3.53. The Balaban J connectivity index is 0.00000264. The molecule has 0 unspecified atom stereocenters. The van der Waals surface area contributed by atoms with E-state index in [0.29, 0.717) is 12.4 Å². The molecule has 1 saturated heterocycles. The van der Waals surface area contributed by atoms with Crippen LogP contribution < -0.4 is 20.1 Å². The van der Waals surface area contributed by atoms with Gasteiger partial charge in [-0.05, 0) is 19.1 Å². The number of halogens is 1. The first-order valence-corrected chi connectivity index (χ1v) is 7.46. The number of aliphatic imine (C=N–C) groups is 1. The van der Waals surface area contributed by atoms with Crippen molar-refractivity contribution in [2.75, 3.05) is 45.8 Å². The number of hydrogen-bond acceptors (Lipinski definition) is 4. The molecule has 0 atom stereocenters. The first kappa shape index (κ1) is 19.8. The van der Waals surface area contributed by atoms with Crippen LogP contribution >= 0.6 is 24.0 Å². The minimum atomic E-state index is 0. The molecule has 6 nitrogen and oxygen atoms in total. The molecular formula is C16H26IN3O3. The van der Waals surface area contributed by atoms with Gasteiger partial charge in [-0.1, -0.05) is 6.92 Å². The maximum atomic E-state index is 5.52. The molecule has 0 amide bonds. The SMILES string of the molecule is CCOc1ccc(NC(=NC)NCC2(C)COC2)cc1OC.I. The van der Waals surface area contributed by atoms with E-state index in [4.69, 9.17) is 14.2 Å². The molecule has 0 aromatic heterocycles. The van der Waals surface area contributed by atoms with Crippen LogP contribution in [0, 0.1) is 5.41 Å². The van der Waals surface area contributed by atoms with E-state index in [1.165, 1.54) is 0 Å². The van der Waals surface area contributed by atoms with Crippen molar-refractivity contribution in [3.63, 3.8) is 0 Å². The Morgan fingerprint density at radius 3 is 2.61 bits per heavy atom. The largest absolute Gasteiger partial charge is 0.493 e. The standard InChI is InChI=1S/C16H25N3O3.HI/c1-5-22-13-7-6-12(8-14(13)20-4)19-15(17-3)18-9-16(2)10-21-11-16;/h6-8H,5,9-11H2,1-4H3,(H2,17,18,19);1H. The normalized spacial score (nSPS) is 15.9. The molecule has 1 aliphatic rings. The molecule has 2 N–H and O–H groups in total. The average molecular weight is 435 g/mol. The van der Waals surface area contributed by atoms with Gasteiger partial charge in [-0.25, -0.2) is 0 Å². The van der Waals surface area contributed by atoms with Gasteiger partial charge in [0.1, 0.15) is 0 Å². The van der Waals surface area contributed by atoms with E-state index < -0.39 is 0 Å². The van der Waals surface area contributed by atoms with Crippen LogP contribution in [0.3, 0.4) is 0 Å². The van der Waals surface area contributed by atoms with Crippen LogP contribution in [0.4, 0.5) is 5.69 Å². The van der Waals surface area contributed by atoms with Crippen molar-refractivity contribution in [1.29, 1.82) is 0 Å². The fraction of sp³-hybridized carbons (Fsp3) is 0.562. The van der Waals surface area contributed by atoms with Gasteiger partial charge in [0.15, 0.2) is 17.5 Å². The first-order chi connectivity index (χ1) is 10.6. The lowest BCUT2D eigenvalue weighted by atomic mass is 9.89. The highest BCUT2D eigenvalue weighted by molar-refractivity contribution is 14.0. The number of guanidine groups is 1. The molecule has 1 heterocycles. The number of anilines is 1. The first-order valence-electron chi connectivity index (χ1n) is 7.46. The van der Waals surface area contributed by atoms with Crippen LogP contribution in [-0.4, -0.2) is 46.5 Å². The minimum Gasteiger partial charge on any atom is -0.493 e. The van der Waals surface area contributed by atoms with Crippen LogP contribution in [0.1, 0.15) is 13.8 Å². The molecule has 1 aromatic rings. The van der Waals surface area contributed by atoms with E-state index in [1.54, 1.807) is 14.2 Å². The zero-order valence-corrected chi connectivity index (χ0v) is 16.5. The second-order valence-corrected chi connectivity index (χ2v) is 5.65. The topological polar surface area (TPSA) is 64.1 Å². The van der Waals surface area contributed by atoms with Crippen LogP contribution in [0.2, 0.25) is 0 Å². The Morgan fingerprint density at radius 2 is 2.09 bits per heavy atom. The van der Waals surface area contributed by atoms with Gasteiger partial charge in [-0.3, -0.25) is 4.99 Å². The number of nitrogens with one attached hydrogen (secondary N) is 2. The molecule has 7 heteroatoms. The number of hydrogen-bond donors (Lipinski definition) is 2. The summed E-state index contributed by atoms with van der Waals surface area (Å²) in [6, 6.07) is 5.72. The number of nitrogens with zero attached hydrogens (tertiary/aromatic N) is 1. The molecule has 0 spiro atoms. The van der Waals surface area contributed by atoms with Gasteiger partial charge in [0, 0.05) is 30.8 Å². The van der Waals surface area contributed by atoms with E-state index in [9.17, 15) is 0 Å². The molecule has 2 rings (SSSR count). The van der Waals surface area contributed by atoms with Crippen LogP contribution in [0.15, 0.2) is 23.2 Å². The van der Waals surface area contributed by atoms with E-state index in [0.717, 1.165) is 37.2 Å². The maximum absolute atomic E-state index is 5.52. The summed E-state index contributed by atoms with van der Waals surface area (Å²) in [6.45, 7) is 7.13. The van der Waals surface area contributed by atoms with E-state index in [2.05, 4.69) is 22.5 Å². The lowest BCUT2D eigenvalue weighted by Crippen LogP contribution is -2.49. The van der Waals surface area contributed by atoms with E-state index in [1.807, 2.05) is 25.1 Å². The highest BCUT2D eigenvalue weighted by Crippen LogP contribution is 2.30. The van der Waals surface area contributed by atoms with Gasteiger partial charge in [-0.2, -0.15) is 0 Å². The molecule has 0 bridgehead atoms. The van der Waals surface area contributed by atoms with Crippen LogP contribution in [0.5, 0.6) is 11.5 Å². The summed E-state index contributed by atoms with van der Waals surface area (Å²) in [6.07, 6.45) is 0. The summed E-state index contributed by atoms with van der Waals surface area (Å²) < 4.78 is 16.1. The summed E-state index contributed by atoms with van der Waals surface area (Å²) in [5.41, 5.74) is 1.08. The van der Waals surface area contributed by atoms with Crippen LogP contribution in [0.25, 0.3) is 0 Å². The van der Waals surface area contributed by atoms with Gasteiger partial charge in [0.25, 0.3) is 0 Å². The van der Waals surface area contributed by atoms with Crippen molar-refractivity contribution in [1.82, 2.24) is 5.32 Å². The maximum Gasteiger partial charge on any atom is 0.195 e. The average Bonchev–Trinajstić information content (AvgIpc) is 2.51. The second kappa shape index (κ2) is 9.17. The molecule has 0 aliphatic carbocycles. The van der Waals surface area contributed by atoms with Crippen molar-refractivity contribution >= 4 is 35.6 Å². The monoisotopic (exact) mass is 435 g/mol. The Morgan fingerprint density at radius 1 is 1.35 bits per heavy atom. The second-order valence-electron chi connectivity index (χ2n) is 5.65. The van der Waals surface area contributed by atoms with Crippen molar-refractivity contribution in [3.05, 3.63) is 18.2 Å². The van der Waals surface area contributed by atoms with Gasteiger partial charge in [-0.15, -0.1) is 24.0 Å². The van der Waals surface area contributed by atoms with Gasteiger partial charge >= 0.3 is 0 Å². The van der Waals surface area contributed by atoms with Gasteiger partial charge in [0.2, 0.25) is 0 Å². The highest BCUT2D eigenvalue weighted by atomic mass is 127. The van der Waals surface area contributed by atoms with Crippen molar-refractivity contribution in [2.45, 2.75) is 13.8 Å². The lowest BCUT2D eigenvalue weighted by molar-refractivity contribution is -0.0970. The zero-order valence-electron chi connectivity index (χ0n) is 14.1. The predicted octanol–water partition coefficient (Wildman–Crippen LogP) is 2.74. The third-order valence-corrected chi connectivity index (χ3v) is 3.53. The molecule has 23 heavy (non-hydrogen) atoms. The summed E-state index contributed by atoms with van der Waals surface area (Å²) in [5, 5.41) is 6.58. The van der Waals surface area contributed by atoms with E-state index >= 15 is 0 Å². The molecule has 1 aromatic carbocycles. The summed E-state index contributed by atoms with van der Waals surface area (Å²) in [7, 11) is 3.38. The van der Waals surface area contributed by atoms with Crippen molar-refractivity contribution < 1.29 is 14.2 Å². The quantitative estimate of drug-likeness (QED) is 0.409. The Labute approximate surface area is 155 Å². The van der Waals surface area contributed by atoms with Gasteiger partial charge < -0.3 is 24.8 Å². The van der Waals surface area contributed by atoms with Crippen molar-refractivity contribution in [3.8, 4) is 11.5 Å².